The van der Waals surface area contributed by atoms with Crippen LogP contribution >= 0.6 is 0 Å². The molecule has 3 aromatic carbocycles. The predicted molar refractivity (Wildman–Crippen MR) is 148 cm³/mol. The lowest BCUT2D eigenvalue weighted by Crippen LogP contribution is -2.31. The van der Waals surface area contributed by atoms with E-state index in [9.17, 15) is 15.0 Å². The van der Waals surface area contributed by atoms with Gasteiger partial charge in [0.25, 0.3) is 0 Å². The van der Waals surface area contributed by atoms with E-state index in [4.69, 9.17) is 4.74 Å². The molecular formula is C30H35NO4Si. The molecule has 5 nitrogen and oxygen atoms in total. The molecule has 0 spiro atoms. The molecule has 1 saturated heterocycles. The monoisotopic (exact) mass is 501 g/mol. The molecule has 0 atom stereocenters. The first-order valence-corrected chi connectivity index (χ1v) is 13.6. The van der Waals surface area contributed by atoms with Crippen molar-refractivity contribution >= 4 is 26.4 Å². The Kier molecular flexibility index (Phi) is 8.16. The van der Waals surface area contributed by atoms with Gasteiger partial charge in [-0.15, -0.1) is 0 Å². The van der Waals surface area contributed by atoms with Crippen molar-refractivity contribution in [3.63, 3.8) is 0 Å². The quantitative estimate of drug-likeness (QED) is 0.294. The van der Waals surface area contributed by atoms with E-state index in [1.165, 1.54) is 23.7 Å². The normalized spacial score (nSPS) is 13.7. The number of hydrogen-bond donors (Lipinski definition) is 2. The number of carbonyl (C=O) groups is 1. The molecule has 0 aliphatic carbocycles. The van der Waals surface area contributed by atoms with Crippen molar-refractivity contribution in [2.45, 2.75) is 45.1 Å². The second-order valence-corrected chi connectivity index (χ2v) is 12.6. The molecule has 1 aliphatic heterocycles. The summed E-state index contributed by atoms with van der Waals surface area (Å²) in [5.74, 6) is -0.145. The van der Waals surface area contributed by atoms with Gasteiger partial charge in [0.1, 0.15) is 5.75 Å². The fourth-order valence-electron chi connectivity index (χ4n) is 4.55. The Bertz CT molecular complexity index is 1190. The molecule has 0 bridgehead atoms. The zero-order valence-corrected chi connectivity index (χ0v) is 22.4. The van der Waals surface area contributed by atoms with Crippen molar-refractivity contribution in [2.75, 3.05) is 31.2 Å². The molecule has 0 aromatic heterocycles. The standard InChI is InChI=1S/C30H35NO4Si/c1-30(2,3)36-28-20-24(11-13-26(28)31-15-4-5-16-31)25-19-23(12-14-27(25)35-18-6-17-32)21-7-9-22(10-8-21)29(33)34/h7-14,19-20,32H,4-6,15-18H2,1-3H3,(H,33,34). The fourth-order valence-corrected chi connectivity index (χ4v) is 5.96. The number of ether oxygens (including phenoxy) is 1. The van der Waals surface area contributed by atoms with Gasteiger partial charge in [-0.25, -0.2) is 4.79 Å². The van der Waals surface area contributed by atoms with Crippen molar-refractivity contribution in [2.24, 2.45) is 0 Å². The van der Waals surface area contributed by atoms with Crippen LogP contribution in [0.1, 0.15) is 50.4 Å². The minimum absolute atomic E-state index is 0.0880. The van der Waals surface area contributed by atoms with Crippen LogP contribution in [-0.4, -0.2) is 52.0 Å². The minimum Gasteiger partial charge on any atom is -0.493 e. The maximum atomic E-state index is 11.3. The number of nitrogens with zero attached hydrogens (tertiary/aromatic N) is 1. The van der Waals surface area contributed by atoms with Crippen molar-refractivity contribution in [3.05, 3.63) is 66.2 Å². The molecule has 188 valence electrons. The summed E-state index contributed by atoms with van der Waals surface area (Å²) in [4.78, 5) is 13.8. The number of carboxylic acids is 1. The summed E-state index contributed by atoms with van der Waals surface area (Å²) in [5, 5.41) is 20.0. The summed E-state index contributed by atoms with van der Waals surface area (Å²) in [7, 11) is 0.673. The van der Waals surface area contributed by atoms with E-state index in [2.05, 4.69) is 49.9 Å². The summed E-state index contributed by atoms with van der Waals surface area (Å²) < 4.78 is 6.10. The van der Waals surface area contributed by atoms with Gasteiger partial charge in [0, 0.05) is 37.4 Å². The van der Waals surface area contributed by atoms with Crippen LogP contribution < -0.4 is 14.8 Å². The highest BCUT2D eigenvalue weighted by Crippen LogP contribution is 2.36. The van der Waals surface area contributed by atoms with Crippen LogP contribution in [0.3, 0.4) is 0 Å². The second-order valence-electron chi connectivity index (χ2n) is 10.3. The van der Waals surface area contributed by atoms with Gasteiger partial charge in [-0.05, 0) is 70.1 Å². The van der Waals surface area contributed by atoms with Gasteiger partial charge in [-0.1, -0.05) is 51.1 Å². The maximum Gasteiger partial charge on any atom is 0.335 e. The summed E-state index contributed by atoms with van der Waals surface area (Å²) >= 11 is 0. The van der Waals surface area contributed by atoms with E-state index >= 15 is 0 Å². The summed E-state index contributed by atoms with van der Waals surface area (Å²) in [6.45, 7) is 9.62. The number of aliphatic hydroxyl groups excluding tert-OH is 1. The van der Waals surface area contributed by atoms with Crippen LogP contribution in [0.25, 0.3) is 22.3 Å². The number of rotatable bonds is 9. The third-order valence-corrected chi connectivity index (χ3v) is 7.69. The lowest BCUT2D eigenvalue weighted by molar-refractivity contribution is 0.0697. The molecule has 4 rings (SSSR count). The lowest BCUT2D eigenvalue weighted by atomic mass is 9.97. The zero-order chi connectivity index (χ0) is 25.7. The van der Waals surface area contributed by atoms with Crippen LogP contribution in [0.15, 0.2) is 60.7 Å². The Hall–Kier alpha value is -3.09. The maximum absolute atomic E-state index is 11.3. The van der Waals surface area contributed by atoms with E-state index in [-0.39, 0.29) is 17.2 Å². The molecule has 6 heteroatoms. The number of aromatic carboxylic acids is 1. The van der Waals surface area contributed by atoms with Crippen LogP contribution in [0.4, 0.5) is 5.69 Å². The Morgan fingerprint density at radius 1 is 0.944 bits per heavy atom. The molecule has 1 fully saturated rings. The van der Waals surface area contributed by atoms with Crippen molar-refractivity contribution < 1.29 is 19.7 Å². The molecule has 1 heterocycles. The van der Waals surface area contributed by atoms with Gasteiger partial charge >= 0.3 is 5.97 Å². The lowest BCUT2D eigenvalue weighted by Gasteiger charge is -2.26. The average Bonchev–Trinajstić information content (AvgIpc) is 3.38. The molecule has 0 unspecified atom stereocenters. The van der Waals surface area contributed by atoms with Crippen molar-refractivity contribution in [3.8, 4) is 28.0 Å². The average molecular weight is 502 g/mol. The summed E-state index contributed by atoms with van der Waals surface area (Å²) in [6.07, 6.45) is 3.05. The van der Waals surface area contributed by atoms with Gasteiger partial charge in [-0.2, -0.15) is 0 Å². The van der Waals surface area contributed by atoms with Gasteiger partial charge in [0.05, 0.1) is 21.7 Å². The van der Waals surface area contributed by atoms with E-state index in [0.717, 1.165) is 41.1 Å². The number of aliphatic hydroxyl groups is 1. The molecule has 0 saturated carbocycles. The largest absolute Gasteiger partial charge is 0.493 e. The smallest absolute Gasteiger partial charge is 0.335 e. The molecule has 0 amide bonds. The summed E-state index contributed by atoms with van der Waals surface area (Å²) in [5.41, 5.74) is 5.67. The number of benzene rings is 3. The van der Waals surface area contributed by atoms with Crippen LogP contribution in [-0.2, 0) is 0 Å². The Morgan fingerprint density at radius 2 is 1.61 bits per heavy atom. The minimum atomic E-state index is -0.930. The highest BCUT2D eigenvalue weighted by Gasteiger charge is 2.22. The highest BCUT2D eigenvalue weighted by atomic mass is 28.2. The SMILES string of the molecule is CC(C)(C)[Si]c1cc(-c2cc(-c3ccc(C(=O)O)cc3)ccc2OCCCO)ccc1N1CCCC1. The molecule has 2 N–H and O–H groups in total. The van der Waals surface area contributed by atoms with Crippen molar-refractivity contribution in [1.29, 1.82) is 0 Å². The van der Waals surface area contributed by atoms with Gasteiger partial charge in [0.2, 0.25) is 0 Å². The first-order chi connectivity index (χ1) is 17.2. The van der Waals surface area contributed by atoms with Crippen molar-refractivity contribution in [1.82, 2.24) is 0 Å². The molecular weight excluding hydrogens is 466 g/mol. The second kappa shape index (κ2) is 11.3. The van der Waals surface area contributed by atoms with E-state index in [0.29, 0.717) is 22.5 Å². The third kappa shape index (κ3) is 6.36. The first kappa shape index (κ1) is 26.0. The first-order valence-electron chi connectivity index (χ1n) is 12.6. The van der Waals surface area contributed by atoms with Gasteiger partial charge < -0.3 is 19.8 Å². The third-order valence-electron chi connectivity index (χ3n) is 6.27. The highest BCUT2D eigenvalue weighted by molar-refractivity contribution is 6.58. The molecule has 1 aliphatic rings. The summed E-state index contributed by atoms with van der Waals surface area (Å²) in [6, 6.07) is 19.8. The molecule has 3 aromatic rings. The number of carboxylic acid groups (broad SMARTS) is 1. The fraction of sp³-hybridized carbons (Fsp3) is 0.367. The van der Waals surface area contributed by atoms with Crippen LogP contribution in [0.5, 0.6) is 5.75 Å². The van der Waals surface area contributed by atoms with E-state index in [1.807, 2.05) is 24.3 Å². The van der Waals surface area contributed by atoms with E-state index in [1.54, 1.807) is 12.1 Å². The van der Waals surface area contributed by atoms with Gasteiger partial charge in [-0.3, -0.25) is 0 Å². The van der Waals surface area contributed by atoms with Gasteiger partial charge in [0.15, 0.2) is 0 Å². The zero-order valence-electron chi connectivity index (χ0n) is 21.4. The molecule has 36 heavy (non-hydrogen) atoms. The topological polar surface area (TPSA) is 70.0 Å². The van der Waals surface area contributed by atoms with E-state index < -0.39 is 5.97 Å². The Morgan fingerprint density at radius 3 is 2.25 bits per heavy atom. The predicted octanol–water partition coefficient (Wildman–Crippen LogP) is 5.63. The Labute approximate surface area is 216 Å². The molecule has 2 radical (unpaired) electrons. The Balaban J connectivity index is 1.78. The van der Waals surface area contributed by atoms with Crippen LogP contribution in [0, 0.1) is 0 Å². The number of anilines is 1. The van der Waals surface area contributed by atoms with Crippen LogP contribution in [0.2, 0.25) is 5.04 Å². The number of hydrogen-bond acceptors (Lipinski definition) is 4.